The van der Waals surface area contributed by atoms with Crippen molar-refractivity contribution in [2.45, 2.75) is 46.1 Å². The molecule has 1 atom stereocenters. The van der Waals surface area contributed by atoms with Gasteiger partial charge in [-0.1, -0.05) is 106 Å². The first-order valence-corrected chi connectivity index (χ1v) is 20.3. The summed E-state index contributed by atoms with van der Waals surface area (Å²) < 4.78 is 1.50. The summed E-state index contributed by atoms with van der Waals surface area (Å²) in [6.07, 6.45) is 3.93. The quantitative estimate of drug-likeness (QED) is 0.107. The van der Waals surface area contributed by atoms with Crippen LogP contribution in [0.3, 0.4) is 0 Å². The lowest BCUT2D eigenvalue weighted by atomic mass is 9.79. The predicted molar refractivity (Wildman–Crippen MR) is 239 cm³/mol. The molecule has 0 saturated heterocycles. The van der Waals surface area contributed by atoms with E-state index in [0.717, 1.165) is 113 Å². The van der Waals surface area contributed by atoms with E-state index in [9.17, 15) is 25.4 Å². The maximum atomic E-state index is 14.8. The molecule has 0 aliphatic heterocycles. The van der Waals surface area contributed by atoms with Gasteiger partial charge in [0.1, 0.15) is 0 Å². The van der Waals surface area contributed by atoms with Crippen molar-refractivity contribution in [1.29, 1.82) is 15.8 Å². The minimum absolute atomic E-state index is 0.213. The second kappa shape index (κ2) is 13.8. The number of aromatic nitrogens is 1. The van der Waals surface area contributed by atoms with Gasteiger partial charge in [-0.3, -0.25) is 14.2 Å². The standard InChI is InChI=1S/C53H36N4O2/c1-3-5-6-30(4-2)29-57-52(58)50-41-23-20-38-37(34-13-7-31(26-54)8-14-34)19-22-40-45(38)48(41)49-42(51(50)53(57)59)24-21-39-43(35-15-9-32(27-55)10-16-35)25-44(46(40)47(39)49)36-17-11-33(28-56)12-18-36/h7-25,30H,3-6,29H2,1-2H3. The lowest BCUT2D eigenvalue weighted by Crippen LogP contribution is -2.29. The number of benzene rings is 9. The van der Waals surface area contributed by atoms with Crippen LogP contribution in [0.4, 0.5) is 0 Å². The van der Waals surface area contributed by atoms with Gasteiger partial charge in [-0.25, -0.2) is 0 Å². The summed E-state index contributed by atoms with van der Waals surface area (Å²) in [5, 5.41) is 39.3. The normalized spacial score (nSPS) is 12.3. The van der Waals surface area contributed by atoms with Crippen LogP contribution >= 0.6 is 0 Å². The zero-order valence-electron chi connectivity index (χ0n) is 32.7. The summed E-state index contributed by atoms with van der Waals surface area (Å²) in [5.74, 6) is 0.213. The van der Waals surface area contributed by atoms with Crippen LogP contribution in [0.25, 0.3) is 98.0 Å². The summed E-state index contributed by atoms with van der Waals surface area (Å²) in [7, 11) is 0. The van der Waals surface area contributed by atoms with Gasteiger partial charge in [-0.2, -0.15) is 15.8 Å². The van der Waals surface area contributed by atoms with E-state index in [1.54, 1.807) is 0 Å². The first kappa shape index (κ1) is 35.8. The molecule has 1 unspecified atom stereocenters. The third kappa shape index (κ3) is 5.29. The minimum Gasteiger partial charge on any atom is -0.274 e. The molecule has 0 bridgehead atoms. The first-order valence-electron chi connectivity index (χ1n) is 20.3. The van der Waals surface area contributed by atoms with Gasteiger partial charge in [0.15, 0.2) is 0 Å². The van der Waals surface area contributed by atoms with Crippen LogP contribution in [0.5, 0.6) is 0 Å². The molecule has 10 aromatic rings. The first-order chi connectivity index (χ1) is 28.9. The van der Waals surface area contributed by atoms with Crippen LogP contribution in [-0.2, 0) is 6.54 Å². The summed E-state index contributed by atoms with van der Waals surface area (Å²) in [6.45, 7) is 4.69. The van der Waals surface area contributed by atoms with Crippen LogP contribution in [-0.4, -0.2) is 4.57 Å². The molecule has 280 valence electrons. The van der Waals surface area contributed by atoms with Crippen molar-refractivity contribution < 1.29 is 0 Å². The molecule has 1 aromatic heterocycles. The second-order valence-corrected chi connectivity index (χ2v) is 15.8. The molecule has 0 fully saturated rings. The van der Waals surface area contributed by atoms with Gasteiger partial charge in [-0.15, -0.1) is 0 Å². The van der Waals surface area contributed by atoms with Crippen LogP contribution in [0.2, 0.25) is 0 Å². The largest absolute Gasteiger partial charge is 0.274 e. The number of fused-ring (bicyclic) bond motifs is 4. The fourth-order valence-electron chi connectivity index (χ4n) is 9.69. The zero-order valence-corrected chi connectivity index (χ0v) is 32.7. The SMILES string of the molecule is CCCCC(CC)Cn1c(=O)c2c3ccc4c(-c5ccc(C#N)cc5)ccc5c6c(-c7ccc(C#N)cc7)cc(-c7ccc(C#N)cc7)c7ccc(c2c1=O)c(c76)c3c45. The average molecular weight is 761 g/mol. The maximum Gasteiger partial charge on any atom is 0.262 e. The van der Waals surface area contributed by atoms with E-state index in [1.165, 1.54) is 4.57 Å². The molecule has 0 radical (unpaired) electrons. The van der Waals surface area contributed by atoms with E-state index in [4.69, 9.17) is 0 Å². The summed E-state index contributed by atoms with van der Waals surface area (Å²) in [6, 6.07) is 44.4. The Morgan fingerprint density at radius 3 is 1.41 bits per heavy atom. The Morgan fingerprint density at radius 1 is 0.475 bits per heavy atom. The Kier molecular flexibility index (Phi) is 8.38. The fourth-order valence-corrected chi connectivity index (χ4v) is 9.69. The van der Waals surface area contributed by atoms with Gasteiger partial charge in [0, 0.05) is 6.54 Å². The van der Waals surface area contributed by atoms with Gasteiger partial charge in [-0.05, 0) is 142 Å². The molecule has 1 heterocycles. The Bertz CT molecular complexity index is 3550. The third-order valence-corrected chi connectivity index (χ3v) is 12.7. The molecule has 6 heteroatoms. The van der Waals surface area contributed by atoms with Crippen molar-refractivity contribution in [3.63, 3.8) is 0 Å². The van der Waals surface area contributed by atoms with Gasteiger partial charge in [0.2, 0.25) is 0 Å². The highest BCUT2D eigenvalue weighted by molar-refractivity contribution is 6.46. The number of nitriles is 3. The molecule has 9 aromatic carbocycles. The number of hydrogen-bond donors (Lipinski definition) is 0. The van der Waals surface area contributed by atoms with E-state index >= 15 is 0 Å². The van der Waals surface area contributed by atoms with E-state index in [-0.39, 0.29) is 17.0 Å². The minimum atomic E-state index is -0.240. The van der Waals surface area contributed by atoms with Crippen molar-refractivity contribution in [3.8, 4) is 51.6 Å². The molecular weight excluding hydrogens is 725 g/mol. The number of unbranched alkanes of at least 4 members (excludes halogenated alkanes) is 1. The highest BCUT2D eigenvalue weighted by Gasteiger charge is 2.28. The van der Waals surface area contributed by atoms with E-state index in [0.29, 0.717) is 34.0 Å². The second-order valence-electron chi connectivity index (χ2n) is 15.8. The van der Waals surface area contributed by atoms with E-state index in [1.807, 2.05) is 84.9 Å². The van der Waals surface area contributed by atoms with Crippen LogP contribution in [0, 0.1) is 39.9 Å². The molecule has 0 spiro atoms. The molecule has 0 aliphatic carbocycles. The number of rotatable bonds is 9. The molecule has 0 amide bonds. The molecule has 6 nitrogen and oxygen atoms in total. The van der Waals surface area contributed by atoms with Crippen molar-refractivity contribution >= 4 is 64.6 Å². The molecule has 0 aliphatic rings. The van der Waals surface area contributed by atoms with Crippen molar-refractivity contribution in [1.82, 2.24) is 4.57 Å². The third-order valence-electron chi connectivity index (χ3n) is 12.7. The molecule has 10 rings (SSSR count). The fraction of sp³-hybridized carbons (Fsp3) is 0.151. The van der Waals surface area contributed by atoms with E-state index in [2.05, 4.69) is 62.4 Å². The highest BCUT2D eigenvalue weighted by Crippen LogP contribution is 2.52. The van der Waals surface area contributed by atoms with E-state index < -0.39 is 0 Å². The lowest BCUT2D eigenvalue weighted by molar-refractivity contribution is 0.384. The molecule has 0 N–H and O–H groups in total. The smallest absolute Gasteiger partial charge is 0.262 e. The van der Waals surface area contributed by atoms with Crippen molar-refractivity contribution in [2.75, 3.05) is 0 Å². The molecular formula is C53H36N4O2. The van der Waals surface area contributed by atoms with Gasteiger partial charge >= 0.3 is 0 Å². The van der Waals surface area contributed by atoms with Crippen molar-refractivity contribution in [3.05, 3.63) is 153 Å². The van der Waals surface area contributed by atoms with Crippen LogP contribution in [0.15, 0.2) is 125 Å². The van der Waals surface area contributed by atoms with Crippen LogP contribution in [0.1, 0.15) is 56.2 Å². The monoisotopic (exact) mass is 760 g/mol. The van der Waals surface area contributed by atoms with Crippen LogP contribution < -0.4 is 11.1 Å². The number of hydrogen-bond acceptors (Lipinski definition) is 5. The Balaban J connectivity index is 1.43. The zero-order chi connectivity index (χ0) is 40.5. The van der Waals surface area contributed by atoms with Gasteiger partial charge in [0.25, 0.3) is 11.1 Å². The van der Waals surface area contributed by atoms with Gasteiger partial charge < -0.3 is 0 Å². The number of nitrogens with zero attached hydrogens (tertiary/aromatic N) is 4. The molecule has 0 saturated carbocycles. The Hall–Kier alpha value is -7.59. The topological polar surface area (TPSA) is 110 Å². The lowest BCUT2D eigenvalue weighted by Gasteiger charge is -2.23. The summed E-state index contributed by atoms with van der Waals surface area (Å²) in [4.78, 5) is 29.6. The maximum absolute atomic E-state index is 14.8. The Labute approximate surface area is 340 Å². The Morgan fingerprint density at radius 2 is 0.898 bits per heavy atom. The average Bonchev–Trinajstić information content (AvgIpc) is 3.54. The predicted octanol–water partition coefficient (Wildman–Crippen LogP) is 12.3. The molecule has 59 heavy (non-hydrogen) atoms. The highest BCUT2D eigenvalue weighted by atomic mass is 16.2. The van der Waals surface area contributed by atoms with Crippen molar-refractivity contribution in [2.24, 2.45) is 5.92 Å². The van der Waals surface area contributed by atoms with Gasteiger partial charge in [0.05, 0.1) is 45.7 Å². The summed E-state index contributed by atoms with van der Waals surface area (Å²) >= 11 is 0. The summed E-state index contributed by atoms with van der Waals surface area (Å²) in [5.41, 5.74) is 7.02.